The zero-order valence-electron chi connectivity index (χ0n) is 10.3. The van der Waals surface area contributed by atoms with Crippen molar-refractivity contribution in [1.29, 1.82) is 0 Å². The van der Waals surface area contributed by atoms with Crippen LogP contribution in [0.5, 0.6) is 0 Å². The molecular weight excluding hydrogens is 284 g/mol. The van der Waals surface area contributed by atoms with Gasteiger partial charge in [-0.05, 0) is 29.8 Å². The van der Waals surface area contributed by atoms with Gasteiger partial charge in [0.2, 0.25) is 10.0 Å². The third kappa shape index (κ3) is 4.70. The predicted molar refractivity (Wildman–Crippen MR) is 76.5 cm³/mol. The lowest BCUT2D eigenvalue weighted by Crippen LogP contribution is -2.28. The first-order valence-corrected chi connectivity index (χ1v) is 7.91. The van der Waals surface area contributed by atoms with E-state index in [9.17, 15) is 8.42 Å². The molecule has 0 saturated heterocycles. The van der Waals surface area contributed by atoms with Crippen LogP contribution < -0.4 is 4.72 Å². The Kier molecular flexibility index (Phi) is 4.63. The van der Waals surface area contributed by atoms with E-state index in [2.05, 4.69) is 4.72 Å². The van der Waals surface area contributed by atoms with E-state index in [0.29, 0.717) is 18.1 Å². The van der Waals surface area contributed by atoms with Gasteiger partial charge in [0.1, 0.15) is 0 Å². The minimum absolute atomic E-state index is 0.0319. The maximum absolute atomic E-state index is 11.9. The van der Waals surface area contributed by atoms with Crippen molar-refractivity contribution in [2.24, 2.45) is 0 Å². The monoisotopic (exact) mass is 298 g/mol. The Morgan fingerprint density at radius 2 is 1.74 bits per heavy atom. The van der Waals surface area contributed by atoms with Gasteiger partial charge in [-0.25, -0.2) is 13.1 Å². The van der Waals surface area contributed by atoms with E-state index in [1.165, 1.54) is 0 Å². The first kappa shape index (κ1) is 14.1. The Bertz CT molecular complexity index is 607. The molecule has 0 spiro atoms. The fraction of sp³-hybridized carbons (Fsp3) is 0.231. The van der Waals surface area contributed by atoms with Crippen molar-refractivity contribution in [3.63, 3.8) is 0 Å². The summed E-state index contributed by atoms with van der Waals surface area (Å²) in [7, 11) is -3.31. The fourth-order valence-corrected chi connectivity index (χ4v) is 2.96. The summed E-state index contributed by atoms with van der Waals surface area (Å²) in [6.45, 7) is 0.997. The van der Waals surface area contributed by atoms with E-state index in [1.54, 1.807) is 24.3 Å². The number of aromatic nitrogens is 1. The molecule has 0 aliphatic rings. The lowest BCUT2D eigenvalue weighted by Gasteiger charge is -2.07. The second-order valence-corrected chi connectivity index (χ2v) is 6.44. The molecule has 1 N–H and O–H groups in total. The molecule has 19 heavy (non-hydrogen) atoms. The van der Waals surface area contributed by atoms with Crippen molar-refractivity contribution in [1.82, 2.24) is 9.29 Å². The number of halogens is 1. The van der Waals surface area contributed by atoms with Crippen LogP contribution in [0.3, 0.4) is 0 Å². The lowest BCUT2D eigenvalue weighted by molar-refractivity contribution is 0.572. The summed E-state index contributed by atoms with van der Waals surface area (Å²) in [5.74, 6) is -0.0319. The predicted octanol–water partition coefficient (Wildman–Crippen LogP) is 2.26. The zero-order chi connectivity index (χ0) is 13.7. The van der Waals surface area contributed by atoms with Gasteiger partial charge in [0, 0.05) is 30.5 Å². The number of nitrogens with zero attached hydrogens (tertiary/aromatic N) is 1. The van der Waals surface area contributed by atoms with Crippen LogP contribution >= 0.6 is 11.6 Å². The van der Waals surface area contributed by atoms with Crippen molar-refractivity contribution in [3.05, 3.63) is 59.4 Å². The van der Waals surface area contributed by atoms with Gasteiger partial charge in [-0.1, -0.05) is 23.7 Å². The van der Waals surface area contributed by atoms with Crippen LogP contribution in [-0.4, -0.2) is 19.5 Å². The highest BCUT2D eigenvalue weighted by Crippen LogP contribution is 2.11. The molecule has 0 unspecified atom stereocenters. The van der Waals surface area contributed by atoms with Crippen molar-refractivity contribution in [3.8, 4) is 0 Å². The Morgan fingerprint density at radius 1 is 1.11 bits per heavy atom. The van der Waals surface area contributed by atoms with Gasteiger partial charge in [-0.15, -0.1) is 0 Å². The molecule has 6 heteroatoms. The molecule has 0 fully saturated rings. The molecule has 0 aliphatic carbocycles. The van der Waals surface area contributed by atoms with E-state index in [0.717, 1.165) is 5.56 Å². The van der Waals surface area contributed by atoms with Crippen molar-refractivity contribution in [2.45, 2.75) is 12.3 Å². The first-order chi connectivity index (χ1) is 9.05. The summed E-state index contributed by atoms with van der Waals surface area (Å²) in [4.78, 5) is 0. The number of hydrogen-bond acceptors (Lipinski definition) is 2. The zero-order valence-corrected chi connectivity index (χ0v) is 11.9. The van der Waals surface area contributed by atoms with E-state index < -0.39 is 10.0 Å². The Morgan fingerprint density at radius 3 is 2.37 bits per heavy atom. The van der Waals surface area contributed by atoms with Gasteiger partial charge in [0.25, 0.3) is 0 Å². The van der Waals surface area contributed by atoms with Crippen LogP contribution in [0, 0.1) is 0 Å². The summed E-state index contributed by atoms with van der Waals surface area (Å²) in [6, 6.07) is 10.6. The Labute approximate surface area is 118 Å². The number of hydrogen-bond donors (Lipinski definition) is 1. The molecule has 0 atom stereocenters. The molecule has 1 aromatic heterocycles. The number of benzene rings is 1. The molecule has 2 rings (SSSR count). The van der Waals surface area contributed by atoms with Gasteiger partial charge in [0.15, 0.2) is 0 Å². The molecule has 1 aromatic carbocycles. The summed E-state index contributed by atoms with van der Waals surface area (Å²) in [5.41, 5.74) is 0.720. The summed E-state index contributed by atoms with van der Waals surface area (Å²) >= 11 is 5.76. The van der Waals surface area contributed by atoms with Gasteiger partial charge in [-0.2, -0.15) is 0 Å². The van der Waals surface area contributed by atoms with Gasteiger partial charge < -0.3 is 4.57 Å². The largest absolute Gasteiger partial charge is 0.353 e. The van der Waals surface area contributed by atoms with Crippen LogP contribution in [0.2, 0.25) is 5.02 Å². The second-order valence-electron chi connectivity index (χ2n) is 4.20. The van der Waals surface area contributed by atoms with Crippen LogP contribution in [0.15, 0.2) is 48.8 Å². The van der Waals surface area contributed by atoms with E-state index >= 15 is 0 Å². The number of rotatable bonds is 6. The molecule has 0 saturated carbocycles. The highest BCUT2D eigenvalue weighted by molar-refractivity contribution is 7.88. The minimum atomic E-state index is -3.31. The third-order valence-electron chi connectivity index (χ3n) is 2.63. The molecule has 0 radical (unpaired) electrons. The Balaban J connectivity index is 1.86. The fourth-order valence-electron chi connectivity index (χ4n) is 1.70. The van der Waals surface area contributed by atoms with Gasteiger partial charge >= 0.3 is 0 Å². The number of sulfonamides is 1. The van der Waals surface area contributed by atoms with E-state index in [1.807, 2.05) is 29.1 Å². The van der Waals surface area contributed by atoms with Crippen LogP contribution in [-0.2, 0) is 22.3 Å². The second kappa shape index (κ2) is 6.23. The molecule has 0 amide bonds. The molecule has 102 valence electrons. The lowest BCUT2D eigenvalue weighted by atomic mass is 10.2. The first-order valence-electron chi connectivity index (χ1n) is 5.88. The molecule has 4 nitrogen and oxygen atoms in total. The average molecular weight is 299 g/mol. The maximum atomic E-state index is 11.9. The average Bonchev–Trinajstić information content (AvgIpc) is 2.85. The molecule has 0 bridgehead atoms. The van der Waals surface area contributed by atoms with E-state index in [-0.39, 0.29) is 5.75 Å². The maximum Gasteiger partial charge on any atom is 0.215 e. The normalized spacial score (nSPS) is 11.6. The van der Waals surface area contributed by atoms with Gasteiger partial charge in [0.05, 0.1) is 5.75 Å². The van der Waals surface area contributed by atoms with Crippen LogP contribution in [0.25, 0.3) is 0 Å². The van der Waals surface area contributed by atoms with Crippen molar-refractivity contribution in [2.75, 3.05) is 6.54 Å². The van der Waals surface area contributed by atoms with Crippen molar-refractivity contribution < 1.29 is 8.42 Å². The molecule has 1 heterocycles. The van der Waals surface area contributed by atoms with E-state index in [4.69, 9.17) is 11.6 Å². The topological polar surface area (TPSA) is 51.1 Å². The highest BCUT2D eigenvalue weighted by atomic mass is 35.5. The molecular formula is C13H15ClN2O2S. The quantitative estimate of drug-likeness (QED) is 0.889. The smallest absolute Gasteiger partial charge is 0.215 e. The summed E-state index contributed by atoms with van der Waals surface area (Å²) in [6.07, 6.45) is 3.79. The minimum Gasteiger partial charge on any atom is -0.353 e. The summed E-state index contributed by atoms with van der Waals surface area (Å²) in [5, 5.41) is 0.599. The summed E-state index contributed by atoms with van der Waals surface area (Å²) < 4.78 is 28.2. The van der Waals surface area contributed by atoms with Crippen molar-refractivity contribution >= 4 is 21.6 Å². The van der Waals surface area contributed by atoms with Crippen LogP contribution in [0.4, 0.5) is 0 Å². The SMILES string of the molecule is O=S(=O)(Cc1ccc(Cl)cc1)NCCn1cccc1. The van der Waals surface area contributed by atoms with Crippen LogP contribution in [0.1, 0.15) is 5.56 Å². The molecule has 0 aliphatic heterocycles. The number of nitrogens with one attached hydrogen (secondary N) is 1. The third-order valence-corrected chi connectivity index (χ3v) is 4.24. The highest BCUT2D eigenvalue weighted by Gasteiger charge is 2.10. The molecule has 2 aromatic rings. The van der Waals surface area contributed by atoms with Gasteiger partial charge in [-0.3, -0.25) is 0 Å². The Hall–Kier alpha value is -1.30. The standard InChI is InChI=1S/C13H15ClN2O2S/c14-13-5-3-12(4-6-13)11-19(17,18)15-7-10-16-8-1-2-9-16/h1-6,8-9,15H,7,10-11H2.